The van der Waals surface area contributed by atoms with Crippen molar-refractivity contribution in [2.45, 2.75) is 26.4 Å². The highest BCUT2D eigenvalue weighted by Crippen LogP contribution is 2.12. The number of likely N-dealkylation sites (N-methyl/N-ethyl adjacent to an activating group) is 1. The Labute approximate surface area is 104 Å². The van der Waals surface area contributed by atoms with Crippen LogP contribution in [0.2, 0.25) is 0 Å². The van der Waals surface area contributed by atoms with Crippen LogP contribution in [0, 0.1) is 11.3 Å². The summed E-state index contributed by atoms with van der Waals surface area (Å²) in [5, 5.41) is 9.05. The van der Waals surface area contributed by atoms with Crippen molar-refractivity contribution in [3.63, 3.8) is 0 Å². The highest BCUT2D eigenvalue weighted by atomic mass is 16.5. The van der Waals surface area contributed by atoms with Crippen molar-refractivity contribution in [1.82, 2.24) is 4.90 Å². The largest absolute Gasteiger partial charge is 0.383 e. The van der Waals surface area contributed by atoms with Crippen LogP contribution in [0.4, 0.5) is 0 Å². The lowest BCUT2D eigenvalue weighted by atomic mass is 10.1. The SMILES string of the molecule is CCN(Cc1ccccc1C#N)[C@H](C)COC. The Kier molecular flexibility index (Phi) is 5.68. The Balaban J connectivity index is 2.77. The maximum Gasteiger partial charge on any atom is 0.0995 e. The van der Waals surface area contributed by atoms with Crippen LogP contribution in [0.3, 0.4) is 0 Å². The Hall–Kier alpha value is -1.37. The fourth-order valence-electron chi connectivity index (χ4n) is 1.91. The lowest BCUT2D eigenvalue weighted by Gasteiger charge is -2.27. The molecule has 1 aromatic rings. The van der Waals surface area contributed by atoms with Crippen LogP contribution < -0.4 is 0 Å². The Morgan fingerprint density at radius 2 is 2.12 bits per heavy atom. The van der Waals surface area contributed by atoms with Gasteiger partial charge in [0, 0.05) is 19.7 Å². The van der Waals surface area contributed by atoms with Crippen molar-refractivity contribution >= 4 is 0 Å². The third kappa shape index (κ3) is 3.85. The second-order valence-electron chi connectivity index (χ2n) is 4.14. The first-order valence-electron chi connectivity index (χ1n) is 5.93. The normalized spacial score (nSPS) is 12.4. The molecular formula is C14H20N2O. The molecule has 0 heterocycles. The molecule has 0 amide bonds. The highest BCUT2D eigenvalue weighted by Gasteiger charge is 2.13. The summed E-state index contributed by atoms with van der Waals surface area (Å²) >= 11 is 0. The van der Waals surface area contributed by atoms with Gasteiger partial charge in [-0.3, -0.25) is 4.90 Å². The van der Waals surface area contributed by atoms with E-state index in [0.29, 0.717) is 12.6 Å². The van der Waals surface area contributed by atoms with E-state index >= 15 is 0 Å². The maximum absolute atomic E-state index is 9.05. The second kappa shape index (κ2) is 7.05. The molecule has 0 aliphatic heterocycles. The minimum absolute atomic E-state index is 0.358. The molecule has 92 valence electrons. The van der Waals surface area contributed by atoms with E-state index in [1.807, 2.05) is 24.3 Å². The number of nitrogens with zero attached hydrogens (tertiary/aromatic N) is 2. The molecule has 0 unspecified atom stereocenters. The molecule has 3 nitrogen and oxygen atoms in total. The van der Waals surface area contributed by atoms with Gasteiger partial charge in [0.05, 0.1) is 18.2 Å². The first-order chi connectivity index (χ1) is 8.22. The van der Waals surface area contributed by atoms with E-state index in [-0.39, 0.29) is 0 Å². The van der Waals surface area contributed by atoms with E-state index in [0.717, 1.165) is 24.2 Å². The molecule has 0 spiro atoms. The minimum atomic E-state index is 0.358. The van der Waals surface area contributed by atoms with E-state index < -0.39 is 0 Å². The number of benzene rings is 1. The van der Waals surface area contributed by atoms with Crippen molar-refractivity contribution in [3.05, 3.63) is 35.4 Å². The van der Waals surface area contributed by atoms with Gasteiger partial charge in [-0.05, 0) is 25.1 Å². The molecule has 0 fully saturated rings. The van der Waals surface area contributed by atoms with Gasteiger partial charge in [-0.1, -0.05) is 25.1 Å². The first kappa shape index (κ1) is 13.7. The van der Waals surface area contributed by atoms with Crippen molar-refractivity contribution in [1.29, 1.82) is 5.26 Å². The molecule has 0 aliphatic carbocycles. The lowest BCUT2D eigenvalue weighted by Crippen LogP contribution is -2.35. The van der Waals surface area contributed by atoms with Crippen LogP contribution in [0.25, 0.3) is 0 Å². The third-order valence-corrected chi connectivity index (χ3v) is 2.95. The molecule has 1 aromatic carbocycles. The van der Waals surface area contributed by atoms with Gasteiger partial charge in [0.25, 0.3) is 0 Å². The zero-order valence-corrected chi connectivity index (χ0v) is 10.8. The number of rotatable bonds is 6. The van der Waals surface area contributed by atoms with Crippen LogP contribution in [0.15, 0.2) is 24.3 Å². The summed E-state index contributed by atoms with van der Waals surface area (Å²) in [4.78, 5) is 2.31. The van der Waals surface area contributed by atoms with Crippen LogP contribution in [0.5, 0.6) is 0 Å². The molecule has 3 heteroatoms. The summed E-state index contributed by atoms with van der Waals surface area (Å²) in [7, 11) is 1.72. The van der Waals surface area contributed by atoms with Gasteiger partial charge < -0.3 is 4.74 Å². The van der Waals surface area contributed by atoms with E-state index in [2.05, 4.69) is 24.8 Å². The summed E-state index contributed by atoms with van der Waals surface area (Å²) in [6.07, 6.45) is 0. The average Bonchev–Trinajstić information content (AvgIpc) is 2.36. The van der Waals surface area contributed by atoms with Gasteiger partial charge in [-0.25, -0.2) is 0 Å². The third-order valence-electron chi connectivity index (χ3n) is 2.95. The standard InChI is InChI=1S/C14H20N2O/c1-4-16(12(2)11-17-3)10-14-8-6-5-7-13(14)9-15/h5-8,12H,4,10-11H2,1-3H3/t12-/m1/s1. The van der Waals surface area contributed by atoms with Crippen LogP contribution >= 0.6 is 0 Å². The minimum Gasteiger partial charge on any atom is -0.383 e. The molecule has 0 radical (unpaired) electrons. The van der Waals surface area contributed by atoms with Crippen LogP contribution in [-0.2, 0) is 11.3 Å². The van der Waals surface area contributed by atoms with E-state index in [9.17, 15) is 0 Å². The lowest BCUT2D eigenvalue weighted by molar-refractivity contribution is 0.0981. The molecule has 0 aromatic heterocycles. The van der Waals surface area contributed by atoms with Gasteiger partial charge in [-0.15, -0.1) is 0 Å². The second-order valence-corrected chi connectivity index (χ2v) is 4.14. The fraction of sp³-hybridized carbons (Fsp3) is 0.500. The number of methoxy groups -OCH3 is 1. The summed E-state index contributed by atoms with van der Waals surface area (Å²) in [6.45, 7) is 6.72. The van der Waals surface area contributed by atoms with E-state index in [1.54, 1.807) is 7.11 Å². The summed E-state index contributed by atoms with van der Waals surface area (Å²) in [5.74, 6) is 0. The van der Waals surface area contributed by atoms with Crippen LogP contribution in [0.1, 0.15) is 25.0 Å². The average molecular weight is 232 g/mol. The quantitative estimate of drug-likeness (QED) is 0.755. The van der Waals surface area contributed by atoms with Gasteiger partial charge in [0.2, 0.25) is 0 Å². The molecule has 0 saturated carbocycles. The molecule has 1 rings (SSSR count). The summed E-state index contributed by atoms with van der Waals surface area (Å²) in [6, 6.07) is 10.4. The molecule has 0 saturated heterocycles. The van der Waals surface area contributed by atoms with Crippen molar-refractivity contribution < 1.29 is 4.74 Å². The molecule has 17 heavy (non-hydrogen) atoms. The molecule has 0 N–H and O–H groups in total. The Morgan fingerprint density at radius 3 is 2.71 bits per heavy atom. The van der Waals surface area contributed by atoms with Gasteiger partial charge >= 0.3 is 0 Å². The smallest absolute Gasteiger partial charge is 0.0995 e. The number of hydrogen-bond acceptors (Lipinski definition) is 3. The summed E-state index contributed by atoms with van der Waals surface area (Å²) < 4.78 is 5.17. The molecule has 0 bridgehead atoms. The maximum atomic E-state index is 9.05. The van der Waals surface area contributed by atoms with Gasteiger partial charge in [-0.2, -0.15) is 5.26 Å². The van der Waals surface area contributed by atoms with Crippen molar-refractivity contribution in [2.75, 3.05) is 20.3 Å². The monoisotopic (exact) mass is 232 g/mol. The van der Waals surface area contributed by atoms with Gasteiger partial charge in [0.1, 0.15) is 0 Å². The Bertz CT molecular complexity index is 384. The molecule has 1 atom stereocenters. The zero-order chi connectivity index (χ0) is 12.7. The summed E-state index contributed by atoms with van der Waals surface area (Å²) in [5.41, 5.74) is 1.84. The molecule has 0 aliphatic rings. The van der Waals surface area contributed by atoms with Crippen molar-refractivity contribution in [2.24, 2.45) is 0 Å². The topological polar surface area (TPSA) is 36.3 Å². The van der Waals surface area contributed by atoms with Crippen LogP contribution in [-0.4, -0.2) is 31.2 Å². The van der Waals surface area contributed by atoms with E-state index in [1.165, 1.54) is 0 Å². The predicted octanol–water partition coefficient (Wildman–Crippen LogP) is 2.42. The van der Waals surface area contributed by atoms with Crippen molar-refractivity contribution in [3.8, 4) is 6.07 Å². The van der Waals surface area contributed by atoms with E-state index in [4.69, 9.17) is 10.00 Å². The fourth-order valence-corrected chi connectivity index (χ4v) is 1.91. The number of nitriles is 1. The molecular weight excluding hydrogens is 212 g/mol. The number of ether oxygens (including phenoxy) is 1. The zero-order valence-electron chi connectivity index (χ0n) is 10.8. The Morgan fingerprint density at radius 1 is 1.41 bits per heavy atom. The predicted molar refractivity (Wildman–Crippen MR) is 68.6 cm³/mol. The van der Waals surface area contributed by atoms with Gasteiger partial charge in [0.15, 0.2) is 0 Å². The number of hydrogen-bond donors (Lipinski definition) is 0. The first-order valence-corrected chi connectivity index (χ1v) is 5.93. The highest BCUT2D eigenvalue weighted by molar-refractivity contribution is 5.37.